The van der Waals surface area contributed by atoms with E-state index in [2.05, 4.69) is 19.7 Å². The molecule has 3 fully saturated rings. The summed E-state index contributed by atoms with van der Waals surface area (Å²) >= 11 is 0. The van der Waals surface area contributed by atoms with Gasteiger partial charge < -0.3 is 34.8 Å². The second-order valence-corrected chi connectivity index (χ2v) is 13.9. The molecular formula is C33H39FN7O7P. The van der Waals surface area contributed by atoms with Crippen LogP contribution in [0.1, 0.15) is 58.6 Å². The fourth-order valence-corrected chi connectivity index (χ4v) is 7.30. The average molecular weight is 696 g/mol. The summed E-state index contributed by atoms with van der Waals surface area (Å²) in [5.74, 6) is 0.306. The fourth-order valence-electron chi connectivity index (χ4n) is 6.53. The lowest BCUT2D eigenvalue weighted by molar-refractivity contribution is -0.170. The smallest absolute Gasteiger partial charge is 0.395 e. The molecule has 2 aromatic carbocycles. The number of rotatable bonds is 10. The minimum absolute atomic E-state index is 0.0230. The Morgan fingerprint density at radius 3 is 2.73 bits per heavy atom. The van der Waals surface area contributed by atoms with E-state index in [0.29, 0.717) is 22.4 Å². The lowest BCUT2D eigenvalue weighted by Crippen LogP contribution is -2.42. The maximum atomic E-state index is 15.9. The number of nitrogen functional groups attached to an aromatic ring is 1. The summed E-state index contributed by atoms with van der Waals surface area (Å²) in [6.07, 6.45) is 2.71. The second kappa shape index (κ2) is 13.6. The first-order chi connectivity index (χ1) is 23.6. The predicted octanol–water partition coefficient (Wildman–Crippen LogP) is 4.34. The van der Waals surface area contributed by atoms with Crippen LogP contribution in [0.4, 0.5) is 16.2 Å². The van der Waals surface area contributed by atoms with Crippen molar-refractivity contribution in [3.63, 3.8) is 0 Å². The van der Waals surface area contributed by atoms with E-state index in [1.807, 2.05) is 17.0 Å². The molecule has 2 unspecified atom stereocenters. The number of aliphatic hydroxyl groups is 1. The number of alkyl halides is 1. The van der Waals surface area contributed by atoms with Gasteiger partial charge in [-0.05, 0) is 57.4 Å². The number of halogens is 1. The van der Waals surface area contributed by atoms with Crippen molar-refractivity contribution in [2.24, 2.45) is 4.74 Å². The van der Waals surface area contributed by atoms with Crippen LogP contribution in [0.15, 0.2) is 47.5 Å². The molecule has 1 aliphatic carbocycles. The van der Waals surface area contributed by atoms with Crippen LogP contribution in [0, 0.1) is 0 Å². The Kier molecular flexibility index (Phi) is 9.27. The fraction of sp³-hybridized carbons (Fsp3) is 0.515. The summed E-state index contributed by atoms with van der Waals surface area (Å²) in [7, 11) is -2.73. The minimum Gasteiger partial charge on any atom is -0.575 e. The highest BCUT2D eigenvalue weighted by Crippen LogP contribution is 2.44. The summed E-state index contributed by atoms with van der Waals surface area (Å²) in [4.78, 5) is 41.0. The number of ether oxygens (including phenoxy) is 3. The lowest BCUT2D eigenvalue weighted by Gasteiger charge is -2.32. The molecule has 7 rings (SSSR count). The number of fused-ring (bicyclic) bond motifs is 2. The van der Waals surface area contributed by atoms with Gasteiger partial charge >= 0.3 is 14.1 Å². The summed E-state index contributed by atoms with van der Waals surface area (Å²) in [6, 6.07) is 9.62. The number of nitrogens with two attached hydrogens (primary N) is 1. The maximum Gasteiger partial charge on any atom is 0.395 e. The Morgan fingerprint density at radius 1 is 1.20 bits per heavy atom. The molecule has 2 aliphatic heterocycles. The van der Waals surface area contributed by atoms with Crippen LogP contribution in [-0.4, -0.2) is 80.3 Å². The molecule has 0 spiro atoms. The Balaban J connectivity index is 1.10. The maximum absolute atomic E-state index is 15.9. The highest BCUT2D eigenvalue weighted by atomic mass is 31.1. The van der Waals surface area contributed by atoms with Gasteiger partial charge in [-0.3, -0.25) is 9.09 Å². The molecule has 260 valence electrons. The monoisotopic (exact) mass is 695 g/mol. The van der Waals surface area contributed by atoms with Crippen LogP contribution in [0.3, 0.4) is 0 Å². The van der Waals surface area contributed by atoms with Gasteiger partial charge in [0.15, 0.2) is 41.2 Å². The van der Waals surface area contributed by atoms with E-state index in [1.165, 1.54) is 24.7 Å². The van der Waals surface area contributed by atoms with Crippen molar-refractivity contribution in [2.75, 3.05) is 30.3 Å². The van der Waals surface area contributed by atoms with Crippen molar-refractivity contribution in [2.45, 2.75) is 88.6 Å². The molecule has 2 saturated heterocycles. The number of benzene rings is 2. The van der Waals surface area contributed by atoms with Crippen molar-refractivity contribution in [3.05, 3.63) is 42.7 Å². The Morgan fingerprint density at radius 2 is 1.98 bits per heavy atom. The van der Waals surface area contributed by atoms with Crippen molar-refractivity contribution in [3.8, 4) is 11.5 Å². The highest BCUT2D eigenvalue weighted by molar-refractivity contribution is 7.34. The molecule has 16 heteroatoms. The Bertz CT molecular complexity index is 1880. The van der Waals surface area contributed by atoms with E-state index < -0.39 is 44.3 Å². The van der Waals surface area contributed by atoms with Crippen LogP contribution < -0.4 is 24.8 Å². The molecule has 2 aromatic heterocycles. The van der Waals surface area contributed by atoms with E-state index in [1.54, 1.807) is 24.3 Å². The molecule has 14 nitrogen and oxygen atoms in total. The van der Waals surface area contributed by atoms with Gasteiger partial charge in [-0.15, -0.1) is 0 Å². The van der Waals surface area contributed by atoms with Gasteiger partial charge in [-0.1, -0.05) is 41.5 Å². The van der Waals surface area contributed by atoms with E-state index in [0.717, 1.165) is 57.0 Å². The first-order valence-corrected chi connectivity index (χ1v) is 17.7. The molecule has 0 amide bonds. The SMILES string of the molecule is C[C@H](N=[P+]([O-])Oc1c(OC[C@H]2OC(n3cnc4c(N5CCC5)nc(N)nc43)[C@](C)(O)[C@@H]2F)ccc2ccccc12)C(=O)OC1CCCCC1. The largest absolute Gasteiger partial charge is 0.575 e. The molecule has 4 aromatic rings. The third kappa shape index (κ3) is 6.60. The van der Waals surface area contributed by atoms with Crippen molar-refractivity contribution < 1.29 is 37.9 Å². The molecular weight excluding hydrogens is 656 g/mol. The van der Waals surface area contributed by atoms with Gasteiger partial charge in [0.05, 0.1) is 6.33 Å². The lowest BCUT2D eigenvalue weighted by atomic mass is 9.98. The summed E-state index contributed by atoms with van der Waals surface area (Å²) in [5.41, 5.74) is 4.80. The highest BCUT2D eigenvalue weighted by Gasteiger charge is 2.55. The number of imidazole rings is 1. The van der Waals surface area contributed by atoms with Gasteiger partial charge in [0, 0.05) is 18.5 Å². The Hall–Kier alpha value is -4.17. The predicted molar refractivity (Wildman–Crippen MR) is 178 cm³/mol. The van der Waals surface area contributed by atoms with Gasteiger partial charge in [-0.25, -0.2) is 14.2 Å². The molecule has 4 heterocycles. The quantitative estimate of drug-likeness (QED) is 0.177. The van der Waals surface area contributed by atoms with E-state index in [9.17, 15) is 14.8 Å². The number of carbonyl (C=O) groups excluding carboxylic acids is 1. The minimum atomic E-state index is -2.73. The van der Waals surface area contributed by atoms with Crippen LogP contribution in [0.5, 0.6) is 11.5 Å². The van der Waals surface area contributed by atoms with E-state index in [4.69, 9.17) is 24.5 Å². The van der Waals surface area contributed by atoms with Crippen molar-refractivity contribution >= 4 is 47.8 Å². The summed E-state index contributed by atoms with van der Waals surface area (Å²) in [5, 5.41) is 12.7. The number of hydrogen-bond donors (Lipinski definition) is 2. The number of hydrogen-bond acceptors (Lipinski definition) is 13. The summed E-state index contributed by atoms with van der Waals surface area (Å²) < 4.78 is 45.0. The van der Waals surface area contributed by atoms with Crippen LogP contribution in [0.2, 0.25) is 0 Å². The standard InChI is InChI=1S/C33H39FN7O7P/c1-19(30(42)46-21-10-4-3-5-11-21)39-49(44)48-26-22-12-7-6-9-20(22)13-14-23(26)45-17-24-27(34)33(2,43)31(47-24)41-18-36-25-28(40-15-8-16-40)37-32(35)38-29(25)41/h6-7,9,12-14,18-19,21,24,27,31,43H,3-5,8,10-11,15-17H2,1-2H3,(H2,35,37,38)/t19-,24+,27+,31?,33+/m0/s1. The first-order valence-electron chi connectivity index (χ1n) is 16.6. The molecule has 1 saturated carbocycles. The molecule has 0 bridgehead atoms. The Labute approximate surface area is 283 Å². The molecule has 3 N–H and O–H groups in total. The zero-order valence-corrected chi connectivity index (χ0v) is 28.2. The number of aromatic nitrogens is 4. The van der Waals surface area contributed by atoms with E-state index >= 15 is 4.39 Å². The third-order valence-electron chi connectivity index (χ3n) is 9.38. The van der Waals surface area contributed by atoms with Crippen LogP contribution in [-0.2, 0) is 14.3 Å². The summed E-state index contributed by atoms with van der Waals surface area (Å²) in [6.45, 7) is 4.13. The number of anilines is 2. The second-order valence-electron chi connectivity index (χ2n) is 13.0. The van der Waals surface area contributed by atoms with Crippen LogP contribution in [0.25, 0.3) is 21.9 Å². The molecule has 3 aliphatic rings. The van der Waals surface area contributed by atoms with Crippen molar-refractivity contribution in [1.82, 2.24) is 19.5 Å². The normalized spacial score (nSPS) is 25.4. The topological polar surface area (TPSA) is 182 Å². The zero-order valence-electron chi connectivity index (χ0n) is 27.3. The molecule has 49 heavy (non-hydrogen) atoms. The van der Waals surface area contributed by atoms with E-state index in [-0.39, 0.29) is 30.2 Å². The van der Waals surface area contributed by atoms with Gasteiger partial charge in [0.1, 0.15) is 24.4 Å². The number of nitrogens with zero attached hydrogens (tertiary/aromatic N) is 6. The molecule has 0 radical (unpaired) electrons. The van der Waals surface area contributed by atoms with Gasteiger partial charge in [-0.2, -0.15) is 9.97 Å². The van der Waals surface area contributed by atoms with Crippen LogP contribution >= 0.6 is 8.17 Å². The third-order valence-corrected chi connectivity index (χ3v) is 10.3. The number of carbonyl (C=O) groups is 1. The van der Waals surface area contributed by atoms with Gasteiger partial charge in [0.2, 0.25) is 11.7 Å². The van der Waals surface area contributed by atoms with Crippen molar-refractivity contribution in [1.29, 1.82) is 0 Å². The first kappa shape index (κ1) is 33.3. The van der Waals surface area contributed by atoms with Gasteiger partial charge in [0.25, 0.3) is 0 Å². The number of esters is 1. The average Bonchev–Trinajstić information content (AvgIpc) is 3.57. The zero-order chi connectivity index (χ0) is 34.3. The molecule has 6 atom stereocenters.